The van der Waals surface area contributed by atoms with E-state index in [1.54, 1.807) is 0 Å². The number of carboxylic acid groups (broad SMARTS) is 1. The van der Waals surface area contributed by atoms with Gasteiger partial charge in [-0.3, -0.25) is 9.59 Å². The molecule has 0 saturated heterocycles. The number of esters is 2. The minimum absolute atomic E-state index is 0.0524. The van der Waals surface area contributed by atoms with Crippen LogP contribution in [0.25, 0.3) is 0 Å². The molecule has 0 saturated carbocycles. The highest BCUT2D eigenvalue weighted by molar-refractivity contribution is 5.92. The molecule has 10 nitrogen and oxygen atoms in total. The molecular weight excluding hydrogens is 338 g/mol. The number of rotatable bonds is 11. The van der Waals surface area contributed by atoms with Crippen molar-refractivity contribution in [2.45, 2.75) is 25.7 Å². The predicted octanol–water partition coefficient (Wildman–Crippen LogP) is 1.60. The van der Waals surface area contributed by atoms with Gasteiger partial charge in [0.2, 0.25) is 0 Å². The van der Waals surface area contributed by atoms with E-state index in [0.29, 0.717) is 12.8 Å². The maximum atomic E-state index is 11.7. The summed E-state index contributed by atoms with van der Waals surface area (Å²) in [5.74, 6) is -2.72. The second-order valence-corrected chi connectivity index (χ2v) is 4.76. The highest BCUT2D eigenvalue weighted by Crippen LogP contribution is 2.18. The number of carbonyl (C=O) groups is 3. The van der Waals surface area contributed by atoms with Gasteiger partial charge in [0.05, 0.1) is 26.1 Å². The number of carbonyl (C=O) groups excluding carboxylic acids is 2. The van der Waals surface area contributed by atoms with Crippen LogP contribution in [0.5, 0.6) is 5.75 Å². The molecule has 136 valence electrons. The normalized spacial score (nSPS) is 9.92. The molecule has 0 fully saturated rings. The van der Waals surface area contributed by atoms with Crippen LogP contribution in [0.4, 0.5) is 0 Å². The Kier molecular flexibility index (Phi) is 8.41. The molecule has 1 N–H and O–H groups in total. The predicted molar refractivity (Wildman–Crippen MR) is 81.4 cm³/mol. The average molecular weight is 355 g/mol. The van der Waals surface area contributed by atoms with Crippen molar-refractivity contribution in [2.24, 2.45) is 0 Å². The summed E-state index contributed by atoms with van der Waals surface area (Å²) < 4.78 is 9.77. The van der Waals surface area contributed by atoms with E-state index in [0.717, 1.165) is 0 Å². The highest BCUT2D eigenvalue weighted by atomic mass is 16.9. The number of ether oxygens (including phenoxy) is 2. The maximum absolute atomic E-state index is 11.7. The van der Waals surface area contributed by atoms with E-state index in [9.17, 15) is 24.5 Å². The van der Waals surface area contributed by atoms with Crippen LogP contribution in [-0.4, -0.2) is 41.3 Å². The molecule has 0 heterocycles. The molecule has 0 bridgehead atoms. The van der Waals surface area contributed by atoms with E-state index in [4.69, 9.17) is 14.6 Å². The van der Waals surface area contributed by atoms with E-state index in [-0.39, 0.29) is 37.4 Å². The van der Waals surface area contributed by atoms with Crippen LogP contribution >= 0.6 is 0 Å². The lowest BCUT2D eigenvalue weighted by Crippen LogP contribution is -2.14. The van der Waals surface area contributed by atoms with Gasteiger partial charge in [0.25, 0.3) is 5.09 Å². The molecule has 25 heavy (non-hydrogen) atoms. The zero-order chi connectivity index (χ0) is 18.7. The Labute approximate surface area is 142 Å². The first kappa shape index (κ1) is 19.9. The number of carboxylic acids is 1. The lowest BCUT2D eigenvalue weighted by Gasteiger charge is -2.07. The molecule has 1 aromatic rings. The van der Waals surface area contributed by atoms with Crippen LogP contribution in [0.2, 0.25) is 0 Å². The third-order valence-corrected chi connectivity index (χ3v) is 2.87. The number of nitrogens with zero attached hydrogens (tertiary/aromatic N) is 1. The van der Waals surface area contributed by atoms with Gasteiger partial charge in [-0.25, -0.2) is 4.79 Å². The molecule has 0 amide bonds. The van der Waals surface area contributed by atoms with Gasteiger partial charge in [-0.15, -0.1) is 10.1 Å². The molecule has 0 aliphatic heterocycles. The van der Waals surface area contributed by atoms with Crippen LogP contribution < -0.4 is 4.74 Å². The monoisotopic (exact) mass is 355 g/mol. The summed E-state index contributed by atoms with van der Waals surface area (Å²) in [6.45, 7) is -0.0311. The van der Waals surface area contributed by atoms with Gasteiger partial charge in [-0.05, 0) is 25.0 Å². The van der Waals surface area contributed by atoms with Crippen LogP contribution in [0, 0.1) is 10.1 Å². The summed E-state index contributed by atoms with van der Waals surface area (Å²) in [5.41, 5.74) is -0.157. The molecule has 0 spiro atoms. The molecule has 0 atom stereocenters. The summed E-state index contributed by atoms with van der Waals surface area (Å²) in [6, 6.07) is 5.65. The number of benzene rings is 1. The number of para-hydroxylation sites is 1. The number of hydrogen-bond acceptors (Lipinski definition) is 8. The molecule has 0 unspecified atom stereocenters. The summed E-state index contributed by atoms with van der Waals surface area (Å²) in [6.07, 6.45) is 0.245. The van der Waals surface area contributed by atoms with Crippen LogP contribution in [0.15, 0.2) is 24.3 Å². The molecule has 10 heteroatoms. The minimum atomic E-state index is -1.23. The van der Waals surface area contributed by atoms with Gasteiger partial charge in [0.15, 0.2) is 0 Å². The Hall–Kier alpha value is -3.17. The maximum Gasteiger partial charge on any atom is 0.339 e. The van der Waals surface area contributed by atoms with Crippen molar-refractivity contribution in [3.63, 3.8) is 0 Å². The zero-order valence-corrected chi connectivity index (χ0v) is 13.2. The van der Waals surface area contributed by atoms with Crippen molar-refractivity contribution in [3.8, 4) is 5.75 Å². The van der Waals surface area contributed by atoms with Crippen LogP contribution in [0.3, 0.4) is 0 Å². The van der Waals surface area contributed by atoms with E-state index >= 15 is 0 Å². The van der Waals surface area contributed by atoms with E-state index in [1.165, 1.54) is 24.3 Å². The van der Waals surface area contributed by atoms with Crippen molar-refractivity contribution in [1.82, 2.24) is 0 Å². The lowest BCUT2D eigenvalue weighted by molar-refractivity contribution is -0.757. The first-order valence-corrected chi connectivity index (χ1v) is 7.36. The third-order valence-electron chi connectivity index (χ3n) is 2.87. The summed E-state index contributed by atoms with van der Waals surface area (Å²) in [4.78, 5) is 48.1. The third kappa shape index (κ3) is 8.30. The quantitative estimate of drug-likeness (QED) is 0.206. The fourth-order valence-corrected chi connectivity index (χ4v) is 1.71. The smallest absolute Gasteiger partial charge is 0.339 e. The Morgan fingerprint density at radius 3 is 2.36 bits per heavy atom. The summed E-state index contributed by atoms with van der Waals surface area (Å²) in [5, 5.41) is 18.0. The van der Waals surface area contributed by atoms with Gasteiger partial charge in [0.1, 0.15) is 11.3 Å². The van der Waals surface area contributed by atoms with Gasteiger partial charge >= 0.3 is 17.9 Å². The summed E-state index contributed by atoms with van der Waals surface area (Å²) >= 11 is 0. The minimum Gasteiger partial charge on any atom is -0.478 e. The number of hydrogen-bond donors (Lipinski definition) is 1. The van der Waals surface area contributed by atoms with E-state index in [2.05, 4.69) is 4.84 Å². The molecular formula is C15H17NO9. The second-order valence-electron chi connectivity index (χ2n) is 4.76. The van der Waals surface area contributed by atoms with Crippen molar-refractivity contribution < 1.29 is 38.9 Å². The molecule has 1 aromatic carbocycles. The lowest BCUT2D eigenvalue weighted by atomic mass is 10.2. The van der Waals surface area contributed by atoms with Crippen molar-refractivity contribution in [2.75, 3.05) is 13.2 Å². The van der Waals surface area contributed by atoms with E-state index < -0.39 is 23.0 Å². The van der Waals surface area contributed by atoms with Crippen LogP contribution in [0.1, 0.15) is 36.0 Å². The Morgan fingerprint density at radius 2 is 1.68 bits per heavy atom. The summed E-state index contributed by atoms with van der Waals surface area (Å²) in [7, 11) is 0. The Morgan fingerprint density at radius 1 is 1.04 bits per heavy atom. The van der Waals surface area contributed by atoms with Crippen molar-refractivity contribution in [1.29, 1.82) is 0 Å². The van der Waals surface area contributed by atoms with Crippen LogP contribution in [-0.2, 0) is 19.2 Å². The molecule has 0 aromatic heterocycles. The van der Waals surface area contributed by atoms with Gasteiger partial charge in [-0.1, -0.05) is 12.1 Å². The first-order chi connectivity index (χ1) is 11.9. The number of aromatic carboxylic acids is 1. The average Bonchev–Trinajstić information content (AvgIpc) is 2.56. The van der Waals surface area contributed by atoms with Crippen molar-refractivity contribution in [3.05, 3.63) is 39.9 Å². The van der Waals surface area contributed by atoms with Crippen molar-refractivity contribution >= 4 is 17.9 Å². The number of unbranched alkanes of at least 4 members (excludes halogenated alkanes) is 1. The SMILES string of the molecule is O=C(CCC(=O)Oc1ccccc1C(=O)O)OCCCCO[N+](=O)[O-]. The zero-order valence-electron chi connectivity index (χ0n) is 13.2. The molecule has 0 radical (unpaired) electrons. The Bertz CT molecular complexity index is 629. The van der Waals surface area contributed by atoms with Gasteiger partial charge < -0.3 is 19.4 Å². The largest absolute Gasteiger partial charge is 0.478 e. The first-order valence-electron chi connectivity index (χ1n) is 7.36. The Balaban J connectivity index is 2.24. The fourth-order valence-electron chi connectivity index (χ4n) is 1.71. The van der Waals surface area contributed by atoms with Gasteiger partial charge in [-0.2, -0.15) is 0 Å². The molecule has 0 aliphatic rings. The molecule has 1 rings (SSSR count). The van der Waals surface area contributed by atoms with Gasteiger partial charge in [0, 0.05) is 0 Å². The highest BCUT2D eigenvalue weighted by Gasteiger charge is 2.15. The fraction of sp³-hybridized carbons (Fsp3) is 0.400. The standard InChI is InChI=1S/C15H17NO9/c17-13(23-9-3-4-10-24-16(21)22)7-8-14(18)25-12-6-2-1-5-11(12)15(19)20/h1-2,5-6H,3-4,7-10H2,(H,19,20). The topological polar surface area (TPSA) is 142 Å². The molecule has 0 aliphatic carbocycles. The van der Waals surface area contributed by atoms with E-state index in [1.807, 2.05) is 0 Å². The second kappa shape index (κ2) is 10.6.